The molecule has 1 aromatic carbocycles. The van der Waals surface area contributed by atoms with Crippen LogP contribution in [0.25, 0.3) is 0 Å². The molecule has 3 heteroatoms. The third kappa shape index (κ3) is 2.60. The van der Waals surface area contributed by atoms with E-state index in [2.05, 4.69) is 11.3 Å². The molecule has 12 heavy (non-hydrogen) atoms. The first-order valence-corrected chi connectivity index (χ1v) is 4.40. The minimum Gasteiger partial charge on any atom is -0.0843 e. The van der Waals surface area contributed by atoms with Crippen molar-refractivity contribution in [3.8, 4) is 11.3 Å². The average molecular weight is 219 g/mol. The first-order valence-electron chi connectivity index (χ1n) is 3.26. The van der Waals surface area contributed by atoms with Gasteiger partial charge in [0, 0.05) is 21.8 Å². The lowest BCUT2D eigenvalue weighted by atomic mass is 10.2. The highest BCUT2D eigenvalue weighted by atomic mass is 35.5. The summed E-state index contributed by atoms with van der Waals surface area (Å²) in [6.45, 7) is 0. The summed E-state index contributed by atoms with van der Waals surface area (Å²) in [7, 11) is 0. The van der Waals surface area contributed by atoms with Gasteiger partial charge in [-0.15, -0.1) is 0 Å². The zero-order chi connectivity index (χ0) is 8.97. The Kier molecular flexibility index (Phi) is 3.75. The number of hydrogen-bond donors (Lipinski definition) is 0. The Morgan fingerprint density at radius 1 is 1.25 bits per heavy atom. The quantitative estimate of drug-likeness (QED) is 0.631. The first kappa shape index (κ1) is 9.74. The molecule has 0 nitrogen and oxygen atoms in total. The van der Waals surface area contributed by atoms with Gasteiger partial charge in [0.25, 0.3) is 0 Å². The van der Waals surface area contributed by atoms with Crippen molar-refractivity contribution in [1.29, 1.82) is 0 Å². The topological polar surface area (TPSA) is 0 Å². The van der Waals surface area contributed by atoms with Crippen molar-refractivity contribution < 1.29 is 0 Å². The molecule has 0 spiro atoms. The standard InChI is InChI=1S/C9H5Cl3/c10-5-1-2-7-3-4-8(11)6-9(7)12/h3-4,6H,2H2. The molecular formula is C9H5Cl3. The normalized spacial score (nSPS) is 8.92. The fourth-order valence-electron chi connectivity index (χ4n) is 0.794. The Morgan fingerprint density at radius 2 is 2.00 bits per heavy atom. The van der Waals surface area contributed by atoms with Gasteiger partial charge in [-0.25, -0.2) is 0 Å². The maximum absolute atomic E-state index is 5.87. The van der Waals surface area contributed by atoms with E-state index >= 15 is 0 Å². The Hall–Kier alpha value is -0.350. The van der Waals surface area contributed by atoms with E-state index in [0.29, 0.717) is 16.5 Å². The summed E-state index contributed by atoms with van der Waals surface area (Å²) in [4.78, 5) is 0. The van der Waals surface area contributed by atoms with Gasteiger partial charge in [0.2, 0.25) is 0 Å². The smallest absolute Gasteiger partial charge is 0.0462 e. The lowest BCUT2D eigenvalue weighted by Crippen LogP contribution is -1.82. The monoisotopic (exact) mass is 218 g/mol. The van der Waals surface area contributed by atoms with E-state index in [1.54, 1.807) is 12.1 Å². The lowest BCUT2D eigenvalue weighted by molar-refractivity contribution is 1.32. The van der Waals surface area contributed by atoms with Crippen LogP contribution in [0.5, 0.6) is 0 Å². The van der Waals surface area contributed by atoms with E-state index in [1.807, 2.05) is 6.07 Å². The number of benzene rings is 1. The van der Waals surface area contributed by atoms with Crippen LogP contribution in [0.3, 0.4) is 0 Å². The van der Waals surface area contributed by atoms with Crippen LogP contribution in [-0.2, 0) is 6.42 Å². The minimum atomic E-state index is 0.555. The van der Waals surface area contributed by atoms with Gasteiger partial charge < -0.3 is 0 Å². The number of halogens is 3. The molecule has 0 amide bonds. The molecule has 0 aliphatic rings. The molecule has 0 fully saturated rings. The molecule has 0 saturated heterocycles. The van der Waals surface area contributed by atoms with Crippen LogP contribution in [0.2, 0.25) is 10.0 Å². The van der Waals surface area contributed by atoms with Crippen molar-refractivity contribution in [2.75, 3.05) is 0 Å². The highest BCUT2D eigenvalue weighted by Gasteiger charge is 1.98. The molecule has 0 saturated carbocycles. The van der Waals surface area contributed by atoms with Crippen LogP contribution < -0.4 is 0 Å². The first-order chi connectivity index (χ1) is 5.74. The lowest BCUT2D eigenvalue weighted by Gasteiger charge is -1.98. The van der Waals surface area contributed by atoms with Crippen molar-refractivity contribution >= 4 is 34.8 Å². The maximum atomic E-state index is 5.87. The van der Waals surface area contributed by atoms with Crippen molar-refractivity contribution in [2.24, 2.45) is 0 Å². The fourth-order valence-corrected chi connectivity index (χ4v) is 1.34. The summed E-state index contributed by atoms with van der Waals surface area (Å²) >= 11 is 16.8. The van der Waals surface area contributed by atoms with Crippen LogP contribution in [0, 0.1) is 11.3 Å². The molecule has 0 unspecified atom stereocenters. The van der Waals surface area contributed by atoms with Crippen LogP contribution in [0.1, 0.15) is 5.56 Å². The van der Waals surface area contributed by atoms with E-state index in [1.165, 1.54) is 0 Å². The van der Waals surface area contributed by atoms with Gasteiger partial charge in [-0.2, -0.15) is 0 Å². The molecule has 0 heterocycles. The zero-order valence-electron chi connectivity index (χ0n) is 6.07. The van der Waals surface area contributed by atoms with E-state index in [0.717, 1.165) is 5.56 Å². The average Bonchev–Trinajstić information content (AvgIpc) is 2.03. The second kappa shape index (κ2) is 4.62. The van der Waals surface area contributed by atoms with Crippen molar-refractivity contribution in [3.05, 3.63) is 33.8 Å². The second-order valence-corrected chi connectivity index (χ2v) is 3.22. The van der Waals surface area contributed by atoms with E-state index < -0.39 is 0 Å². The summed E-state index contributed by atoms with van der Waals surface area (Å²) < 4.78 is 0. The molecule has 0 aliphatic carbocycles. The molecule has 1 aromatic rings. The van der Waals surface area contributed by atoms with Gasteiger partial charge >= 0.3 is 0 Å². The molecule has 0 atom stereocenters. The Bertz CT molecular complexity index is 333. The highest BCUT2D eigenvalue weighted by Crippen LogP contribution is 2.20. The highest BCUT2D eigenvalue weighted by molar-refractivity contribution is 6.35. The summed E-state index contributed by atoms with van der Waals surface area (Å²) in [6, 6.07) is 5.30. The number of hydrogen-bond acceptors (Lipinski definition) is 0. The van der Waals surface area contributed by atoms with Crippen LogP contribution in [0.4, 0.5) is 0 Å². The second-order valence-electron chi connectivity index (χ2n) is 2.18. The molecule has 62 valence electrons. The Morgan fingerprint density at radius 3 is 2.58 bits per heavy atom. The van der Waals surface area contributed by atoms with Crippen LogP contribution in [-0.4, -0.2) is 0 Å². The summed E-state index contributed by atoms with van der Waals surface area (Å²) in [5.74, 6) is 2.71. The molecule has 0 bridgehead atoms. The van der Waals surface area contributed by atoms with E-state index in [9.17, 15) is 0 Å². The minimum absolute atomic E-state index is 0.555. The van der Waals surface area contributed by atoms with E-state index in [4.69, 9.17) is 34.8 Å². The predicted molar refractivity (Wildman–Crippen MR) is 53.8 cm³/mol. The maximum Gasteiger partial charge on any atom is 0.0462 e. The summed E-state index contributed by atoms with van der Waals surface area (Å²) in [6.07, 6.45) is 0.555. The van der Waals surface area contributed by atoms with Gasteiger partial charge in [-0.05, 0) is 29.3 Å². The van der Waals surface area contributed by atoms with E-state index in [-0.39, 0.29) is 0 Å². The van der Waals surface area contributed by atoms with Gasteiger partial charge in [0.15, 0.2) is 0 Å². The molecule has 0 aliphatic heterocycles. The zero-order valence-corrected chi connectivity index (χ0v) is 8.34. The summed E-state index contributed by atoms with van der Waals surface area (Å²) in [5, 5.41) is 3.54. The van der Waals surface area contributed by atoms with Gasteiger partial charge in [-0.3, -0.25) is 0 Å². The third-order valence-corrected chi connectivity index (χ3v) is 2.08. The van der Waals surface area contributed by atoms with Crippen LogP contribution >= 0.6 is 34.8 Å². The molecule has 0 aromatic heterocycles. The van der Waals surface area contributed by atoms with Crippen molar-refractivity contribution in [2.45, 2.75) is 6.42 Å². The number of rotatable bonds is 1. The largest absolute Gasteiger partial charge is 0.0843 e. The predicted octanol–water partition coefficient (Wildman–Crippen LogP) is 3.74. The van der Waals surface area contributed by atoms with Gasteiger partial charge in [-0.1, -0.05) is 35.2 Å². The van der Waals surface area contributed by atoms with Crippen molar-refractivity contribution in [1.82, 2.24) is 0 Å². The Labute approximate surface area is 86.4 Å². The van der Waals surface area contributed by atoms with Crippen LogP contribution in [0.15, 0.2) is 18.2 Å². The SMILES string of the molecule is ClC#CCc1ccc(Cl)cc1Cl. The van der Waals surface area contributed by atoms with Gasteiger partial charge in [0.1, 0.15) is 0 Å². The molecule has 1 rings (SSSR count). The Balaban J connectivity index is 2.91. The van der Waals surface area contributed by atoms with Crippen molar-refractivity contribution in [3.63, 3.8) is 0 Å². The molecule has 0 radical (unpaired) electrons. The molecular weight excluding hydrogens is 214 g/mol. The van der Waals surface area contributed by atoms with Gasteiger partial charge in [0.05, 0.1) is 0 Å². The summed E-state index contributed by atoms with van der Waals surface area (Å²) in [5.41, 5.74) is 0.939. The fraction of sp³-hybridized carbons (Fsp3) is 0.111. The molecule has 0 N–H and O–H groups in total. The third-order valence-electron chi connectivity index (χ3n) is 1.36.